The molecule has 1 aromatic carbocycles. The SMILES string of the molecule is Cc1cc(N(C)C(=O)O)ccc1N1CCCC2(CCN([C@H]3CC[C@H](O)CC3)C2=O)C1. The summed E-state index contributed by atoms with van der Waals surface area (Å²) < 4.78 is 0. The van der Waals surface area contributed by atoms with Crippen LogP contribution < -0.4 is 9.80 Å². The molecule has 1 aromatic rings. The molecule has 4 rings (SSSR count). The molecule has 2 saturated heterocycles. The molecule has 2 aliphatic heterocycles. The van der Waals surface area contributed by atoms with E-state index in [1.54, 1.807) is 7.05 Å². The zero-order valence-electron chi connectivity index (χ0n) is 18.0. The van der Waals surface area contributed by atoms with Crippen molar-refractivity contribution >= 4 is 23.4 Å². The van der Waals surface area contributed by atoms with Gasteiger partial charge in [-0.25, -0.2) is 4.79 Å². The van der Waals surface area contributed by atoms with E-state index in [0.717, 1.165) is 75.8 Å². The van der Waals surface area contributed by atoms with Gasteiger partial charge in [-0.15, -0.1) is 0 Å². The number of aliphatic hydroxyl groups excluding tert-OH is 1. The highest BCUT2D eigenvalue weighted by atomic mass is 16.4. The number of aliphatic hydroxyl groups is 1. The first-order chi connectivity index (χ1) is 14.3. The molecular formula is C23H33N3O4. The lowest BCUT2D eigenvalue weighted by Gasteiger charge is -2.42. The lowest BCUT2D eigenvalue weighted by atomic mass is 9.78. The van der Waals surface area contributed by atoms with E-state index in [2.05, 4.69) is 9.80 Å². The van der Waals surface area contributed by atoms with Gasteiger partial charge in [0.1, 0.15) is 0 Å². The smallest absolute Gasteiger partial charge is 0.411 e. The lowest BCUT2D eigenvalue weighted by Crippen LogP contribution is -2.50. The fourth-order valence-corrected chi connectivity index (χ4v) is 5.60. The molecule has 0 aromatic heterocycles. The van der Waals surface area contributed by atoms with Crippen molar-refractivity contribution in [2.75, 3.05) is 36.5 Å². The molecule has 7 nitrogen and oxygen atoms in total. The summed E-state index contributed by atoms with van der Waals surface area (Å²) in [7, 11) is 1.54. The van der Waals surface area contributed by atoms with Crippen molar-refractivity contribution in [3.8, 4) is 0 Å². The van der Waals surface area contributed by atoms with Crippen molar-refractivity contribution in [1.82, 2.24) is 4.90 Å². The Bertz CT molecular complexity index is 821. The number of benzene rings is 1. The minimum absolute atomic E-state index is 0.204. The number of carbonyl (C=O) groups excluding carboxylic acids is 1. The molecule has 2 heterocycles. The fourth-order valence-electron chi connectivity index (χ4n) is 5.60. The van der Waals surface area contributed by atoms with E-state index in [0.29, 0.717) is 11.6 Å². The van der Waals surface area contributed by atoms with E-state index in [9.17, 15) is 19.8 Å². The highest BCUT2D eigenvalue weighted by Gasteiger charge is 2.50. The van der Waals surface area contributed by atoms with Crippen LogP contribution in [0.15, 0.2) is 18.2 Å². The Kier molecular flexibility index (Phi) is 5.66. The van der Waals surface area contributed by atoms with Crippen LogP contribution in [-0.2, 0) is 4.79 Å². The van der Waals surface area contributed by atoms with Crippen LogP contribution in [0.25, 0.3) is 0 Å². The Balaban J connectivity index is 1.49. The van der Waals surface area contributed by atoms with Crippen LogP contribution in [0, 0.1) is 12.3 Å². The van der Waals surface area contributed by atoms with Crippen molar-refractivity contribution in [1.29, 1.82) is 0 Å². The van der Waals surface area contributed by atoms with Gasteiger partial charge in [-0.3, -0.25) is 9.69 Å². The average Bonchev–Trinajstić information content (AvgIpc) is 3.03. The van der Waals surface area contributed by atoms with Gasteiger partial charge >= 0.3 is 6.09 Å². The monoisotopic (exact) mass is 415 g/mol. The quantitative estimate of drug-likeness (QED) is 0.792. The van der Waals surface area contributed by atoms with Crippen molar-refractivity contribution in [3.05, 3.63) is 23.8 Å². The van der Waals surface area contributed by atoms with Crippen LogP contribution in [-0.4, -0.2) is 65.9 Å². The topological polar surface area (TPSA) is 84.3 Å². The number of anilines is 2. The minimum Gasteiger partial charge on any atom is -0.465 e. The Morgan fingerprint density at radius 1 is 1.17 bits per heavy atom. The first-order valence-corrected chi connectivity index (χ1v) is 11.1. The molecule has 0 bridgehead atoms. The molecule has 164 valence electrons. The first-order valence-electron chi connectivity index (χ1n) is 11.1. The van der Waals surface area contributed by atoms with Crippen LogP contribution in [0.2, 0.25) is 0 Å². The molecule has 30 heavy (non-hydrogen) atoms. The summed E-state index contributed by atoms with van der Waals surface area (Å²) in [5.74, 6) is 0.300. The minimum atomic E-state index is -0.981. The number of amides is 2. The number of likely N-dealkylation sites (tertiary alicyclic amines) is 1. The van der Waals surface area contributed by atoms with E-state index in [1.807, 2.05) is 25.1 Å². The summed E-state index contributed by atoms with van der Waals surface area (Å²) in [6, 6.07) is 6.01. The second kappa shape index (κ2) is 8.10. The van der Waals surface area contributed by atoms with Crippen LogP contribution >= 0.6 is 0 Å². The number of rotatable bonds is 3. The van der Waals surface area contributed by atoms with Gasteiger partial charge in [0.15, 0.2) is 0 Å². The van der Waals surface area contributed by atoms with E-state index in [-0.39, 0.29) is 17.6 Å². The summed E-state index contributed by atoms with van der Waals surface area (Å²) in [5.41, 5.74) is 2.46. The van der Waals surface area contributed by atoms with E-state index in [4.69, 9.17) is 0 Å². The molecule has 3 fully saturated rings. The van der Waals surface area contributed by atoms with Gasteiger partial charge in [-0.1, -0.05) is 0 Å². The molecular weight excluding hydrogens is 382 g/mol. The van der Waals surface area contributed by atoms with Gasteiger partial charge in [0.05, 0.1) is 11.5 Å². The van der Waals surface area contributed by atoms with E-state index >= 15 is 0 Å². The standard InChI is InChI=1S/C23H33N3O4/c1-16-14-18(24(2)22(29)30)6-9-20(16)25-12-3-10-23(15-25)11-13-26(21(23)28)17-4-7-19(27)8-5-17/h6,9,14,17,19,27H,3-5,7-8,10-13,15H2,1-2H3,(H,29,30)/t17-,19-,23?. The lowest BCUT2D eigenvalue weighted by molar-refractivity contribution is -0.139. The predicted octanol–water partition coefficient (Wildman–Crippen LogP) is 3.23. The maximum atomic E-state index is 13.5. The van der Waals surface area contributed by atoms with Gasteiger partial charge in [-0.05, 0) is 75.6 Å². The number of aryl methyl sites for hydroxylation is 1. The van der Waals surface area contributed by atoms with Gasteiger partial charge in [0.25, 0.3) is 0 Å². The largest absolute Gasteiger partial charge is 0.465 e. The molecule has 1 unspecified atom stereocenters. The Morgan fingerprint density at radius 3 is 2.57 bits per heavy atom. The average molecular weight is 416 g/mol. The molecule has 0 radical (unpaired) electrons. The molecule has 1 spiro atoms. The zero-order chi connectivity index (χ0) is 21.5. The van der Waals surface area contributed by atoms with Gasteiger partial charge in [0.2, 0.25) is 5.91 Å². The number of carbonyl (C=O) groups is 2. The Hall–Kier alpha value is -2.28. The summed E-state index contributed by atoms with van der Waals surface area (Å²) >= 11 is 0. The molecule has 2 amide bonds. The number of carboxylic acid groups (broad SMARTS) is 1. The third-order valence-electron chi connectivity index (χ3n) is 7.42. The highest BCUT2D eigenvalue weighted by Crippen LogP contribution is 2.44. The van der Waals surface area contributed by atoms with E-state index in [1.165, 1.54) is 4.90 Å². The van der Waals surface area contributed by atoms with Crippen molar-refractivity contribution in [2.45, 2.75) is 64.0 Å². The Labute approximate surface area is 178 Å². The Morgan fingerprint density at radius 2 is 1.90 bits per heavy atom. The third-order valence-corrected chi connectivity index (χ3v) is 7.42. The molecule has 1 aliphatic carbocycles. The van der Waals surface area contributed by atoms with Gasteiger partial charge in [-0.2, -0.15) is 0 Å². The van der Waals surface area contributed by atoms with Crippen molar-refractivity contribution < 1.29 is 19.8 Å². The van der Waals surface area contributed by atoms with Gasteiger partial charge < -0.3 is 20.0 Å². The maximum absolute atomic E-state index is 13.5. The summed E-state index contributed by atoms with van der Waals surface area (Å²) in [4.78, 5) is 30.4. The predicted molar refractivity (Wildman–Crippen MR) is 116 cm³/mol. The van der Waals surface area contributed by atoms with Crippen LogP contribution in [0.3, 0.4) is 0 Å². The fraction of sp³-hybridized carbons (Fsp3) is 0.652. The van der Waals surface area contributed by atoms with Crippen LogP contribution in [0.5, 0.6) is 0 Å². The number of piperidine rings is 1. The molecule has 2 N–H and O–H groups in total. The van der Waals surface area contributed by atoms with Crippen molar-refractivity contribution in [3.63, 3.8) is 0 Å². The number of hydrogen-bond acceptors (Lipinski definition) is 4. The van der Waals surface area contributed by atoms with Crippen LogP contribution in [0.1, 0.15) is 50.5 Å². The third kappa shape index (κ3) is 3.75. The molecule has 3 aliphatic rings. The maximum Gasteiger partial charge on any atom is 0.411 e. The normalized spacial score (nSPS) is 29.5. The van der Waals surface area contributed by atoms with Gasteiger partial charge in [0, 0.05) is 44.1 Å². The molecule has 1 atom stereocenters. The second-order valence-electron chi connectivity index (χ2n) is 9.33. The molecule has 1 saturated carbocycles. The number of hydrogen-bond donors (Lipinski definition) is 2. The zero-order valence-corrected chi connectivity index (χ0v) is 18.0. The summed E-state index contributed by atoms with van der Waals surface area (Å²) in [6.07, 6.45) is 5.05. The second-order valence-corrected chi connectivity index (χ2v) is 9.33. The van der Waals surface area contributed by atoms with Crippen LogP contribution in [0.4, 0.5) is 16.2 Å². The summed E-state index contributed by atoms with van der Waals surface area (Å²) in [5, 5.41) is 19.0. The molecule has 7 heteroatoms. The first kappa shape index (κ1) is 21.0. The highest BCUT2D eigenvalue weighted by molar-refractivity contribution is 5.87. The summed E-state index contributed by atoms with van der Waals surface area (Å²) in [6.45, 7) is 4.48. The van der Waals surface area contributed by atoms with Crippen molar-refractivity contribution in [2.24, 2.45) is 5.41 Å². The number of nitrogens with zero attached hydrogens (tertiary/aromatic N) is 3. The van der Waals surface area contributed by atoms with E-state index < -0.39 is 6.09 Å².